The van der Waals surface area contributed by atoms with E-state index in [1.54, 1.807) is 16.6 Å². The smallest absolute Gasteiger partial charge is 0.254 e. The second-order valence-corrected chi connectivity index (χ2v) is 4.45. The quantitative estimate of drug-likeness (QED) is 0.773. The molecule has 0 unspecified atom stereocenters. The zero-order valence-corrected chi connectivity index (χ0v) is 10.7. The van der Waals surface area contributed by atoms with Crippen molar-refractivity contribution in [3.63, 3.8) is 0 Å². The first-order valence-electron chi connectivity index (χ1n) is 5.97. The molecule has 1 amide bonds. The number of amides is 1. The minimum absolute atomic E-state index is 0.261. The molecule has 0 saturated carbocycles. The minimum atomic E-state index is -0.580. The molecular weight excluding hydrogens is 259 g/mol. The molecule has 3 rings (SSSR count). The first-order valence-corrected chi connectivity index (χ1v) is 5.97. The molecule has 0 fully saturated rings. The van der Waals surface area contributed by atoms with Gasteiger partial charge in [0.1, 0.15) is 11.4 Å². The molecular formula is C14H11FN4O. The number of halogens is 1. The number of nitrogens with zero attached hydrogens (tertiary/aromatic N) is 3. The molecule has 0 saturated heterocycles. The lowest BCUT2D eigenvalue weighted by atomic mass is 10.1. The molecule has 1 aromatic carbocycles. The Bertz CT molecular complexity index is 808. The highest BCUT2D eigenvalue weighted by Crippen LogP contribution is 2.21. The zero-order chi connectivity index (χ0) is 14.3. The number of aryl methyl sites for hydroxylation is 1. The lowest BCUT2D eigenvalue weighted by Gasteiger charge is -2.05. The SMILES string of the molecule is Cc1cc(-c2ccc(F)cc2)nc2c(C(N)=O)cnn12. The first kappa shape index (κ1) is 12.3. The molecule has 5 nitrogen and oxygen atoms in total. The van der Waals surface area contributed by atoms with Crippen molar-refractivity contribution in [2.45, 2.75) is 6.92 Å². The van der Waals surface area contributed by atoms with Crippen molar-refractivity contribution in [1.82, 2.24) is 14.6 Å². The summed E-state index contributed by atoms with van der Waals surface area (Å²) in [5, 5.41) is 4.08. The van der Waals surface area contributed by atoms with Crippen LogP contribution < -0.4 is 5.73 Å². The number of aromatic nitrogens is 3. The molecule has 0 aliphatic rings. The van der Waals surface area contributed by atoms with Gasteiger partial charge in [0.25, 0.3) is 5.91 Å². The maximum Gasteiger partial charge on any atom is 0.254 e. The fraction of sp³-hybridized carbons (Fsp3) is 0.0714. The molecule has 0 atom stereocenters. The van der Waals surface area contributed by atoms with Crippen LogP contribution in [0, 0.1) is 12.7 Å². The zero-order valence-electron chi connectivity index (χ0n) is 10.7. The lowest BCUT2D eigenvalue weighted by molar-refractivity contribution is 0.100. The van der Waals surface area contributed by atoms with E-state index in [1.807, 2.05) is 13.0 Å². The van der Waals surface area contributed by atoms with Gasteiger partial charge in [-0.15, -0.1) is 0 Å². The average Bonchev–Trinajstić information content (AvgIpc) is 2.84. The van der Waals surface area contributed by atoms with Crippen LogP contribution in [0.3, 0.4) is 0 Å². The van der Waals surface area contributed by atoms with Gasteiger partial charge in [0.15, 0.2) is 5.65 Å². The third kappa shape index (κ3) is 1.91. The summed E-state index contributed by atoms with van der Waals surface area (Å²) in [7, 11) is 0. The van der Waals surface area contributed by atoms with Crippen molar-refractivity contribution in [3.05, 3.63) is 53.6 Å². The molecule has 100 valence electrons. The Hall–Kier alpha value is -2.76. The number of hydrogen-bond donors (Lipinski definition) is 1. The number of fused-ring (bicyclic) bond motifs is 1. The second-order valence-electron chi connectivity index (χ2n) is 4.45. The third-order valence-electron chi connectivity index (χ3n) is 3.06. The molecule has 0 radical (unpaired) electrons. The van der Waals surface area contributed by atoms with Crippen molar-refractivity contribution in [1.29, 1.82) is 0 Å². The summed E-state index contributed by atoms with van der Waals surface area (Å²) in [5.74, 6) is -0.892. The highest BCUT2D eigenvalue weighted by atomic mass is 19.1. The van der Waals surface area contributed by atoms with Crippen LogP contribution in [-0.4, -0.2) is 20.5 Å². The van der Waals surface area contributed by atoms with Gasteiger partial charge in [0.2, 0.25) is 0 Å². The van der Waals surface area contributed by atoms with Gasteiger partial charge in [-0.3, -0.25) is 4.79 Å². The molecule has 0 spiro atoms. The number of carbonyl (C=O) groups is 1. The van der Waals surface area contributed by atoms with Crippen LogP contribution in [0.2, 0.25) is 0 Å². The number of hydrogen-bond acceptors (Lipinski definition) is 3. The fourth-order valence-electron chi connectivity index (χ4n) is 2.06. The Balaban J connectivity index is 2.24. The monoisotopic (exact) mass is 270 g/mol. The number of primary amides is 1. The van der Waals surface area contributed by atoms with Gasteiger partial charge in [-0.2, -0.15) is 5.10 Å². The van der Waals surface area contributed by atoms with Crippen LogP contribution in [0.25, 0.3) is 16.9 Å². The Morgan fingerprint density at radius 2 is 2.00 bits per heavy atom. The van der Waals surface area contributed by atoms with Crippen LogP contribution in [0.1, 0.15) is 16.1 Å². The van der Waals surface area contributed by atoms with Crippen molar-refractivity contribution < 1.29 is 9.18 Å². The summed E-state index contributed by atoms with van der Waals surface area (Å²) >= 11 is 0. The van der Waals surface area contributed by atoms with E-state index in [1.165, 1.54) is 18.3 Å². The predicted molar refractivity (Wildman–Crippen MR) is 71.6 cm³/mol. The largest absolute Gasteiger partial charge is 0.365 e. The lowest BCUT2D eigenvalue weighted by Crippen LogP contribution is -2.11. The average molecular weight is 270 g/mol. The maximum absolute atomic E-state index is 13.0. The van der Waals surface area contributed by atoms with E-state index in [4.69, 9.17) is 5.73 Å². The summed E-state index contributed by atoms with van der Waals surface area (Å²) in [6, 6.07) is 7.81. The van der Waals surface area contributed by atoms with Crippen LogP contribution >= 0.6 is 0 Å². The Labute approximate surface area is 113 Å². The van der Waals surface area contributed by atoms with Gasteiger partial charge in [0.05, 0.1) is 11.9 Å². The van der Waals surface area contributed by atoms with E-state index in [-0.39, 0.29) is 11.4 Å². The van der Waals surface area contributed by atoms with E-state index in [2.05, 4.69) is 10.1 Å². The molecule has 3 aromatic rings. The summed E-state index contributed by atoms with van der Waals surface area (Å²) in [4.78, 5) is 15.8. The van der Waals surface area contributed by atoms with Gasteiger partial charge >= 0.3 is 0 Å². The normalized spacial score (nSPS) is 10.9. The third-order valence-corrected chi connectivity index (χ3v) is 3.06. The topological polar surface area (TPSA) is 73.3 Å². The Morgan fingerprint density at radius 3 is 2.65 bits per heavy atom. The van der Waals surface area contributed by atoms with Crippen LogP contribution in [0.15, 0.2) is 36.5 Å². The number of benzene rings is 1. The van der Waals surface area contributed by atoms with Gasteiger partial charge in [0, 0.05) is 11.3 Å². The summed E-state index contributed by atoms with van der Waals surface area (Å²) in [6.07, 6.45) is 1.39. The molecule has 20 heavy (non-hydrogen) atoms. The minimum Gasteiger partial charge on any atom is -0.365 e. The van der Waals surface area contributed by atoms with Crippen molar-refractivity contribution in [2.75, 3.05) is 0 Å². The van der Waals surface area contributed by atoms with Gasteiger partial charge < -0.3 is 5.73 Å². The summed E-state index contributed by atoms with van der Waals surface area (Å²) in [5.41, 5.74) is 8.16. The standard InChI is InChI=1S/C14H11FN4O/c1-8-6-12(9-2-4-10(15)5-3-9)18-14-11(13(16)20)7-17-19(8)14/h2-7H,1H3,(H2,16,20). The van der Waals surface area contributed by atoms with E-state index >= 15 is 0 Å². The van der Waals surface area contributed by atoms with Crippen molar-refractivity contribution in [2.24, 2.45) is 5.73 Å². The van der Waals surface area contributed by atoms with Gasteiger partial charge in [-0.25, -0.2) is 13.9 Å². The molecule has 6 heteroatoms. The second kappa shape index (κ2) is 4.41. The first-order chi connectivity index (χ1) is 9.56. The van der Waals surface area contributed by atoms with Crippen LogP contribution in [0.5, 0.6) is 0 Å². The van der Waals surface area contributed by atoms with E-state index in [9.17, 15) is 9.18 Å². The molecule has 2 heterocycles. The van der Waals surface area contributed by atoms with E-state index in [0.717, 1.165) is 11.3 Å². The van der Waals surface area contributed by atoms with Crippen molar-refractivity contribution in [3.8, 4) is 11.3 Å². The number of nitrogens with two attached hydrogens (primary N) is 1. The highest BCUT2D eigenvalue weighted by molar-refractivity contribution is 5.98. The molecule has 0 aliphatic heterocycles. The van der Waals surface area contributed by atoms with Gasteiger partial charge in [-0.1, -0.05) is 0 Å². The molecule has 2 N–H and O–H groups in total. The van der Waals surface area contributed by atoms with Crippen molar-refractivity contribution >= 4 is 11.6 Å². The molecule has 0 aliphatic carbocycles. The van der Waals surface area contributed by atoms with E-state index < -0.39 is 5.91 Å². The maximum atomic E-state index is 13.0. The summed E-state index contributed by atoms with van der Waals surface area (Å²) < 4.78 is 14.5. The van der Waals surface area contributed by atoms with Crippen LogP contribution in [0.4, 0.5) is 4.39 Å². The number of carbonyl (C=O) groups excluding carboxylic acids is 1. The fourth-order valence-corrected chi connectivity index (χ4v) is 2.06. The predicted octanol–water partition coefficient (Wildman–Crippen LogP) is 1.94. The Morgan fingerprint density at radius 1 is 1.30 bits per heavy atom. The van der Waals surface area contributed by atoms with Crippen LogP contribution in [-0.2, 0) is 0 Å². The van der Waals surface area contributed by atoms with Gasteiger partial charge in [-0.05, 0) is 37.3 Å². The molecule has 0 bridgehead atoms. The highest BCUT2D eigenvalue weighted by Gasteiger charge is 2.14. The number of rotatable bonds is 2. The summed E-state index contributed by atoms with van der Waals surface area (Å²) in [6.45, 7) is 1.85. The Kier molecular flexibility index (Phi) is 2.71. The molecule has 2 aromatic heterocycles. The van der Waals surface area contributed by atoms with E-state index in [0.29, 0.717) is 11.3 Å².